The van der Waals surface area contributed by atoms with E-state index in [9.17, 15) is 0 Å². The third-order valence-electron chi connectivity index (χ3n) is 20.5. The van der Waals surface area contributed by atoms with Crippen molar-refractivity contribution in [2.45, 2.75) is 73.0 Å². The first kappa shape index (κ1) is 79.3. The fraction of sp³-hybridized carbons (Fsp3) is 0.105. The predicted octanol–water partition coefficient (Wildman–Crippen LogP) is 27.0. The number of nitrogens with zero attached hydrogens (tertiary/aromatic N) is 10. The molecule has 13 heteroatoms. The Morgan fingerprint density at radius 1 is 0.280 bits per heavy atom. The molecule has 575 valence electrons. The van der Waals surface area contributed by atoms with Crippen LogP contribution in [0, 0.1) is 13.8 Å². The SMILES string of the molecule is CC(C)(C)c1ccc(-c2nnc(-c3ccc(-c4ccccc4)cc3)n2-c2ccccc2)cc1.CC(C)(C)c1ccc(-c2nnc(-c3ccc(-c4ccccc4)cc3)o2)cc1.C[B]P.Cc1cc(-c2ccccc2)c2ccc3c(-c4ccccc4)cc(C)nc3c2n1.c1ccc(-c2nnc(-c3ccccc3)n2-c2cccc3ccccc23)cc1. The second kappa shape index (κ2) is 36.3. The molecule has 19 rings (SSSR count). The van der Waals surface area contributed by atoms with Gasteiger partial charge < -0.3 is 4.42 Å². The lowest BCUT2D eigenvalue weighted by Gasteiger charge is -2.19. The molecular weight excluding hydrogens is 1460 g/mol. The van der Waals surface area contributed by atoms with E-state index in [-0.39, 0.29) is 10.8 Å². The van der Waals surface area contributed by atoms with Crippen molar-refractivity contribution < 1.29 is 4.42 Å². The van der Waals surface area contributed by atoms with Gasteiger partial charge in [-0.25, -0.2) is 0 Å². The number of fused-ring (bicyclic) bond motifs is 4. The first-order valence-electron chi connectivity index (χ1n) is 39.8. The number of aromatic nitrogens is 10. The number of benzene rings is 14. The summed E-state index contributed by atoms with van der Waals surface area (Å²) in [6.45, 7) is 21.3. The van der Waals surface area contributed by atoms with Crippen LogP contribution in [0.4, 0.5) is 0 Å². The smallest absolute Gasteiger partial charge is 0.248 e. The zero-order valence-corrected chi connectivity index (χ0v) is 69.0. The van der Waals surface area contributed by atoms with Gasteiger partial charge >= 0.3 is 0 Å². The lowest BCUT2D eigenvalue weighted by Crippen LogP contribution is -2.10. The zero-order chi connectivity index (χ0) is 81.5. The van der Waals surface area contributed by atoms with Crippen LogP contribution in [0.25, 0.3) is 157 Å². The van der Waals surface area contributed by atoms with Gasteiger partial charge in [-0.05, 0) is 140 Å². The first-order valence-corrected chi connectivity index (χ1v) is 40.5. The Hall–Kier alpha value is -13.9. The van der Waals surface area contributed by atoms with Crippen LogP contribution in [0.15, 0.2) is 381 Å². The Morgan fingerprint density at radius 2 is 0.568 bits per heavy atom. The second-order valence-corrected chi connectivity index (χ2v) is 31.6. The monoisotopic (exact) mass is 1550 g/mol. The largest absolute Gasteiger partial charge is 0.416 e. The molecule has 0 aliphatic carbocycles. The Bertz CT molecular complexity index is 6350. The number of hydrogen-bond acceptors (Lipinski definition) is 9. The maximum atomic E-state index is 5.90. The fourth-order valence-electron chi connectivity index (χ4n) is 14.5. The Kier molecular flexibility index (Phi) is 24.4. The highest BCUT2D eigenvalue weighted by molar-refractivity contribution is 7.55. The van der Waals surface area contributed by atoms with Crippen LogP contribution in [-0.4, -0.2) is 56.7 Å². The fourth-order valence-corrected chi connectivity index (χ4v) is 14.5. The molecule has 11 nitrogen and oxygen atoms in total. The Labute approximate surface area is 694 Å². The summed E-state index contributed by atoms with van der Waals surface area (Å²) in [6, 6.07) is 130. The van der Waals surface area contributed by atoms with Gasteiger partial charge in [-0.15, -0.1) is 30.6 Å². The van der Waals surface area contributed by atoms with Gasteiger partial charge in [0.25, 0.3) is 0 Å². The summed E-state index contributed by atoms with van der Waals surface area (Å²) < 4.78 is 10.2. The van der Waals surface area contributed by atoms with E-state index in [1.54, 1.807) is 0 Å². The maximum Gasteiger partial charge on any atom is 0.248 e. The van der Waals surface area contributed by atoms with Gasteiger partial charge in [0, 0.05) is 66.6 Å². The number of hydrogen-bond donors (Lipinski definition) is 0. The van der Waals surface area contributed by atoms with E-state index >= 15 is 0 Å². The minimum absolute atomic E-state index is 0.108. The third-order valence-corrected chi connectivity index (χ3v) is 20.5. The minimum Gasteiger partial charge on any atom is -0.416 e. The number of para-hydroxylation sites is 1. The number of aryl methyl sites for hydroxylation is 2. The molecule has 0 aliphatic heterocycles. The summed E-state index contributed by atoms with van der Waals surface area (Å²) in [7, 11) is 2.45. The quantitative estimate of drug-likeness (QED) is 0.0667. The van der Waals surface area contributed by atoms with Crippen molar-refractivity contribution in [2.75, 3.05) is 0 Å². The van der Waals surface area contributed by atoms with Gasteiger partial charge in [0.15, 0.2) is 23.3 Å². The molecule has 0 amide bonds. The maximum absolute atomic E-state index is 5.90. The zero-order valence-electron chi connectivity index (χ0n) is 67.8. The van der Waals surface area contributed by atoms with Crippen molar-refractivity contribution in [3.63, 3.8) is 0 Å². The normalized spacial score (nSPS) is 11.1. The highest BCUT2D eigenvalue weighted by Gasteiger charge is 2.23. The lowest BCUT2D eigenvalue weighted by atomic mass is 9.86. The van der Waals surface area contributed by atoms with Crippen LogP contribution in [-0.2, 0) is 10.8 Å². The van der Waals surface area contributed by atoms with E-state index in [1.807, 2.05) is 129 Å². The highest BCUT2D eigenvalue weighted by Crippen LogP contribution is 2.39. The predicted molar refractivity (Wildman–Crippen MR) is 494 cm³/mol. The molecule has 1 unspecified atom stereocenters. The molecule has 0 saturated heterocycles. The van der Waals surface area contributed by atoms with Crippen LogP contribution >= 0.6 is 9.12 Å². The van der Waals surface area contributed by atoms with Crippen molar-refractivity contribution in [1.29, 1.82) is 0 Å². The van der Waals surface area contributed by atoms with Gasteiger partial charge in [0.05, 0.1) is 16.7 Å². The summed E-state index contributed by atoms with van der Waals surface area (Å²) in [5.41, 5.74) is 24.4. The number of pyridine rings is 2. The molecule has 0 fully saturated rings. The number of rotatable bonds is 12. The molecule has 118 heavy (non-hydrogen) atoms. The van der Waals surface area contributed by atoms with Crippen LogP contribution < -0.4 is 0 Å². The van der Waals surface area contributed by atoms with Crippen LogP contribution in [0.1, 0.15) is 64.1 Å². The van der Waals surface area contributed by atoms with Crippen LogP contribution in [0.3, 0.4) is 0 Å². The second-order valence-electron chi connectivity index (χ2n) is 30.9. The molecule has 0 bridgehead atoms. The topological polar surface area (TPSA) is 126 Å². The molecule has 14 aromatic carbocycles. The molecule has 5 heterocycles. The van der Waals surface area contributed by atoms with Crippen molar-refractivity contribution in [3.05, 3.63) is 399 Å². The summed E-state index contributed by atoms with van der Waals surface area (Å²) >= 11 is 0. The molecular formula is C105H91BN10OP. The van der Waals surface area contributed by atoms with Gasteiger partial charge in [-0.1, -0.05) is 370 Å². The van der Waals surface area contributed by atoms with E-state index in [0.717, 1.165) is 107 Å². The van der Waals surface area contributed by atoms with Crippen molar-refractivity contribution >= 4 is 48.7 Å². The van der Waals surface area contributed by atoms with E-state index < -0.39 is 0 Å². The summed E-state index contributed by atoms with van der Waals surface area (Å²) in [5.74, 6) is 4.42. The highest BCUT2D eigenvalue weighted by atomic mass is 31.0. The van der Waals surface area contributed by atoms with Crippen molar-refractivity contribution in [1.82, 2.24) is 49.7 Å². The average Bonchev–Trinajstić information content (AvgIpc) is 1.03. The molecule has 0 N–H and O–H groups in total. The average molecular weight is 1550 g/mol. The third kappa shape index (κ3) is 18.2. The standard InChI is InChI=1S/C30H27N3.C26H20N2.C24H17N3.C24H22N2O.CH5BP/c1-30(2,3)26-20-18-25(19-21-26)29-32-31-28(33(29)27-12-8-5-9-13-27)24-16-14-23(15-17-24)22-10-6-4-7-11-22;1-17-15-23(19-9-5-3-6-10-19)21-13-14-22-24(20-11-7-4-8-12-20)16-18(2)28-26(22)25(21)27-17;1-3-11-19(12-4-1)23-25-26-24(20-13-5-2-6-14-20)27(23)22-17-9-15-18-10-7-8-16-21(18)22;1-24(2,3)21-15-13-20(14-16-21)23-26-25-22(27-23)19-11-9-18(10-12-19)17-7-5-4-6-8-17;1-2-3/h4-21H,1-3H3;3-16H,1-2H3;1-17H;4-16H,1-3H3;3H2,1H3. The van der Waals surface area contributed by atoms with E-state index in [2.05, 4.69) is 365 Å². The van der Waals surface area contributed by atoms with E-state index in [4.69, 9.17) is 14.4 Å². The summed E-state index contributed by atoms with van der Waals surface area (Å²) in [6.07, 6.45) is 0. The minimum atomic E-state index is 0.108. The van der Waals surface area contributed by atoms with Crippen molar-refractivity contribution in [3.8, 4) is 124 Å². The van der Waals surface area contributed by atoms with Gasteiger partial charge in [0.1, 0.15) is 7.00 Å². The van der Waals surface area contributed by atoms with Gasteiger partial charge in [-0.3, -0.25) is 19.1 Å². The Balaban J connectivity index is 0.000000122. The molecule has 0 aliphatic rings. The molecule has 0 saturated carbocycles. The molecule has 5 aromatic heterocycles. The Morgan fingerprint density at radius 3 is 0.958 bits per heavy atom. The summed E-state index contributed by atoms with van der Waals surface area (Å²) in [4.78, 5) is 9.81. The lowest BCUT2D eigenvalue weighted by molar-refractivity contribution is 0.582. The molecule has 0 spiro atoms. The first-order chi connectivity index (χ1) is 57.5. The van der Waals surface area contributed by atoms with Crippen LogP contribution in [0.5, 0.6) is 0 Å². The van der Waals surface area contributed by atoms with Crippen LogP contribution in [0.2, 0.25) is 6.82 Å². The van der Waals surface area contributed by atoms with Gasteiger partial charge in [0.2, 0.25) is 11.8 Å². The van der Waals surface area contributed by atoms with Gasteiger partial charge in [-0.2, -0.15) is 9.12 Å². The van der Waals surface area contributed by atoms with E-state index in [1.165, 1.54) is 60.8 Å². The molecule has 1 radical (unpaired) electrons. The summed E-state index contributed by atoms with van der Waals surface area (Å²) in [5, 5.41) is 31.5. The molecule has 1 atom stereocenters. The molecule has 19 aromatic rings. The van der Waals surface area contributed by atoms with E-state index in [0.29, 0.717) is 11.8 Å². The van der Waals surface area contributed by atoms with Crippen molar-refractivity contribution in [2.24, 2.45) is 0 Å².